The molecule has 0 atom stereocenters. The molecule has 2 aromatic rings. The van der Waals surface area contributed by atoms with Gasteiger partial charge in [-0.15, -0.1) is 23.1 Å². The highest BCUT2D eigenvalue weighted by atomic mass is 32.2. The van der Waals surface area contributed by atoms with Crippen molar-refractivity contribution in [2.24, 2.45) is 0 Å². The van der Waals surface area contributed by atoms with Crippen molar-refractivity contribution in [2.75, 3.05) is 11.1 Å². The summed E-state index contributed by atoms with van der Waals surface area (Å²) in [4.78, 5) is 13.0. The van der Waals surface area contributed by atoms with Gasteiger partial charge in [0, 0.05) is 4.90 Å². The highest BCUT2D eigenvalue weighted by Gasteiger charge is 2.09. The predicted octanol–water partition coefficient (Wildman–Crippen LogP) is 3.97. The molecule has 0 spiro atoms. The second-order valence-corrected chi connectivity index (χ2v) is 6.31. The molecule has 1 heterocycles. The number of thiophene rings is 1. The molecule has 0 fully saturated rings. The molecular weight excluding hydrogens is 288 g/mol. The lowest BCUT2D eigenvalue weighted by Gasteiger charge is -2.07. The summed E-state index contributed by atoms with van der Waals surface area (Å²) < 4.78 is 0. The number of nitriles is 1. The number of nitrogens with zero attached hydrogens (tertiary/aromatic N) is 1. The van der Waals surface area contributed by atoms with Gasteiger partial charge >= 0.3 is 0 Å². The van der Waals surface area contributed by atoms with Crippen LogP contribution >= 0.6 is 23.1 Å². The van der Waals surface area contributed by atoms with Gasteiger partial charge in [-0.05, 0) is 36.9 Å². The molecule has 0 saturated heterocycles. The molecule has 0 bridgehead atoms. The molecule has 1 amide bonds. The van der Waals surface area contributed by atoms with Crippen LogP contribution < -0.4 is 5.32 Å². The first-order valence-electron chi connectivity index (χ1n) is 6.07. The van der Waals surface area contributed by atoms with Crippen molar-refractivity contribution in [1.29, 1.82) is 5.26 Å². The summed E-state index contributed by atoms with van der Waals surface area (Å²) in [5, 5.41) is 14.1. The van der Waals surface area contributed by atoms with Gasteiger partial charge in [0.05, 0.1) is 11.3 Å². The largest absolute Gasteiger partial charge is 0.316 e. The van der Waals surface area contributed by atoms with Crippen LogP contribution in [0, 0.1) is 25.2 Å². The van der Waals surface area contributed by atoms with Gasteiger partial charge in [0.1, 0.15) is 11.1 Å². The van der Waals surface area contributed by atoms with Crippen molar-refractivity contribution in [2.45, 2.75) is 18.7 Å². The van der Waals surface area contributed by atoms with E-state index in [4.69, 9.17) is 5.26 Å². The Morgan fingerprint density at radius 2 is 2.20 bits per heavy atom. The molecule has 1 N–H and O–H groups in total. The van der Waals surface area contributed by atoms with E-state index >= 15 is 0 Å². The summed E-state index contributed by atoms with van der Waals surface area (Å²) >= 11 is 2.87. The predicted molar refractivity (Wildman–Crippen MR) is 84.3 cm³/mol. The van der Waals surface area contributed by atoms with Gasteiger partial charge in [0.2, 0.25) is 5.91 Å². The number of carbonyl (C=O) groups excluding carboxylic acids is 1. The summed E-state index contributed by atoms with van der Waals surface area (Å²) in [7, 11) is 0. The van der Waals surface area contributed by atoms with Crippen LogP contribution in [0.5, 0.6) is 0 Å². The lowest BCUT2D eigenvalue weighted by Crippen LogP contribution is -2.13. The SMILES string of the molecule is Cc1ccc(SCC(=O)Nc2sccc2C#N)c(C)c1. The fourth-order valence-corrected chi connectivity index (χ4v) is 3.32. The van der Waals surface area contributed by atoms with Crippen LogP contribution in [0.3, 0.4) is 0 Å². The van der Waals surface area contributed by atoms with Crippen molar-refractivity contribution >= 4 is 34.0 Å². The maximum Gasteiger partial charge on any atom is 0.235 e. The third-order valence-corrected chi connectivity index (χ3v) is 4.73. The molecule has 0 aliphatic rings. The van der Waals surface area contributed by atoms with E-state index < -0.39 is 0 Å². The minimum Gasteiger partial charge on any atom is -0.316 e. The molecule has 5 heteroatoms. The lowest BCUT2D eigenvalue weighted by atomic mass is 10.2. The molecule has 3 nitrogen and oxygen atoms in total. The number of hydrogen-bond donors (Lipinski definition) is 1. The Morgan fingerprint density at radius 1 is 1.40 bits per heavy atom. The normalized spacial score (nSPS) is 10.1. The number of aryl methyl sites for hydroxylation is 2. The Bertz CT molecular complexity index is 671. The van der Waals surface area contributed by atoms with Crippen LogP contribution in [-0.4, -0.2) is 11.7 Å². The first kappa shape index (κ1) is 14.6. The number of rotatable bonds is 4. The van der Waals surface area contributed by atoms with E-state index in [1.165, 1.54) is 34.2 Å². The third-order valence-electron chi connectivity index (χ3n) is 2.73. The van der Waals surface area contributed by atoms with Gasteiger partial charge in [-0.3, -0.25) is 4.79 Å². The van der Waals surface area contributed by atoms with Gasteiger partial charge in [-0.25, -0.2) is 0 Å². The van der Waals surface area contributed by atoms with Crippen LogP contribution in [0.15, 0.2) is 34.5 Å². The summed E-state index contributed by atoms with van der Waals surface area (Å²) in [6, 6.07) is 9.95. The minimum atomic E-state index is -0.0890. The lowest BCUT2D eigenvalue weighted by molar-refractivity contribution is -0.113. The van der Waals surface area contributed by atoms with Crippen LogP contribution in [0.2, 0.25) is 0 Å². The molecule has 0 unspecified atom stereocenters. The zero-order chi connectivity index (χ0) is 14.5. The van der Waals surface area contributed by atoms with Crippen molar-refractivity contribution in [3.05, 3.63) is 46.3 Å². The Hall–Kier alpha value is -1.77. The number of anilines is 1. The van der Waals surface area contributed by atoms with Gasteiger partial charge in [-0.1, -0.05) is 17.7 Å². The third kappa shape index (κ3) is 3.62. The van der Waals surface area contributed by atoms with Crippen molar-refractivity contribution in [3.8, 4) is 6.07 Å². The molecular formula is C15H14N2OS2. The monoisotopic (exact) mass is 302 g/mol. The quantitative estimate of drug-likeness (QED) is 0.870. The number of amides is 1. The molecule has 102 valence electrons. The highest BCUT2D eigenvalue weighted by molar-refractivity contribution is 8.00. The molecule has 2 rings (SSSR count). The minimum absolute atomic E-state index is 0.0890. The zero-order valence-electron chi connectivity index (χ0n) is 11.3. The smallest absolute Gasteiger partial charge is 0.235 e. The van der Waals surface area contributed by atoms with Gasteiger partial charge < -0.3 is 5.32 Å². The summed E-state index contributed by atoms with van der Waals surface area (Å²) in [6.45, 7) is 4.09. The van der Waals surface area contributed by atoms with Gasteiger partial charge in [-0.2, -0.15) is 5.26 Å². The summed E-state index contributed by atoms with van der Waals surface area (Å²) in [5.74, 6) is 0.251. The first-order valence-corrected chi connectivity index (χ1v) is 7.94. The topological polar surface area (TPSA) is 52.9 Å². The standard InChI is InChI=1S/C15H14N2OS2/c1-10-3-4-13(11(2)7-10)20-9-14(18)17-15-12(8-16)5-6-19-15/h3-7H,9H2,1-2H3,(H,17,18). The summed E-state index contributed by atoms with van der Waals surface area (Å²) in [6.07, 6.45) is 0. The maximum atomic E-state index is 11.9. The fraction of sp³-hybridized carbons (Fsp3) is 0.200. The molecule has 0 saturated carbocycles. The molecule has 0 aliphatic carbocycles. The van der Waals surface area contributed by atoms with Gasteiger partial charge in [0.25, 0.3) is 0 Å². The first-order chi connectivity index (χ1) is 9.60. The number of thioether (sulfide) groups is 1. The number of carbonyl (C=O) groups is 1. The van der Waals surface area contributed by atoms with E-state index in [1.807, 2.05) is 26.0 Å². The van der Waals surface area contributed by atoms with E-state index in [9.17, 15) is 4.79 Å². The van der Waals surface area contributed by atoms with E-state index in [-0.39, 0.29) is 5.91 Å². The average molecular weight is 302 g/mol. The van der Waals surface area contributed by atoms with Crippen molar-refractivity contribution in [1.82, 2.24) is 0 Å². The van der Waals surface area contributed by atoms with Gasteiger partial charge in [0.15, 0.2) is 0 Å². The van der Waals surface area contributed by atoms with Crippen molar-refractivity contribution < 1.29 is 4.79 Å². The van der Waals surface area contributed by atoms with Crippen LogP contribution in [0.25, 0.3) is 0 Å². The van der Waals surface area contributed by atoms with Crippen LogP contribution in [-0.2, 0) is 4.79 Å². The van der Waals surface area contributed by atoms with Crippen LogP contribution in [0.1, 0.15) is 16.7 Å². The van der Waals surface area contributed by atoms with E-state index in [1.54, 1.807) is 11.4 Å². The van der Waals surface area contributed by atoms with E-state index in [0.717, 1.165) is 4.90 Å². The Morgan fingerprint density at radius 3 is 2.90 bits per heavy atom. The molecule has 0 aliphatic heterocycles. The summed E-state index contributed by atoms with van der Waals surface area (Å²) in [5.41, 5.74) is 2.91. The highest BCUT2D eigenvalue weighted by Crippen LogP contribution is 2.25. The fourth-order valence-electron chi connectivity index (χ4n) is 1.76. The second-order valence-electron chi connectivity index (χ2n) is 4.38. The van der Waals surface area contributed by atoms with E-state index in [0.29, 0.717) is 16.3 Å². The Balaban J connectivity index is 1.94. The Kier molecular flexibility index (Phi) is 4.83. The van der Waals surface area contributed by atoms with E-state index in [2.05, 4.69) is 17.5 Å². The van der Waals surface area contributed by atoms with Crippen molar-refractivity contribution in [3.63, 3.8) is 0 Å². The maximum absolute atomic E-state index is 11.9. The molecule has 1 aromatic heterocycles. The number of nitrogens with one attached hydrogen (secondary N) is 1. The number of hydrogen-bond acceptors (Lipinski definition) is 4. The second kappa shape index (κ2) is 6.60. The Labute approximate surface area is 126 Å². The zero-order valence-corrected chi connectivity index (χ0v) is 12.9. The molecule has 1 aromatic carbocycles. The van der Waals surface area contributed by atoms with Crippen LogP contribution in [0.4, 0.5) is 5.00 Å². The average Bonchev–Trinajstić information content (AvgIpc) is 2.85. The molecule has 0 radical (unpaired) electrons. The molecule has 20 heavy (non-hydrogen) atoms. The number of benzene rings is 1.